The van der Waals surface area contributed by atoms with Crippen LogP contribution in [0.25, 0.3) is 0 Å². The van der Waals surface area contributed by atoms with E-state index in [1.807, 2.05) is 63.4 Å². The Morgan fingerprint density at radius 3 is 2.21 bits per heavy atom. The number of hydrogen-bond donors (Lipinski definition) is 0. The van der Waals surface area contributed by atoms with Crippen molar-refractivity contribution in [3.8, 4) is 6.07 Å². The van der Waals surface area contributed by atoms with Crippen LogP contribution >= 0.6 is 0 Å². The van der Waals surface area contributed by atoms with Crippen LogP contribution in [0.15, 0.2) is 48.7 Å². The number of aryl methyl sites for hydroxylation is 2. The van der Waals surface area contributed by atoms with Gasteiger partial charge >= 0.3 is 0 Å². The van der Waals surface area contributed by atoms with Crippen molar-refractivity contribution in [1.82, 2.24) is 4.98 Å². The summed E-state index contributed by atoms with van der Waals surface area (Å²) in [7, 11) is 0. The summed E-state index contributed by atoms with van der Waals surface area (Å²) in [6, 6.07) is 15.5. The van der Waals surface area contributed by atoms with E-state index in [0.717, 1.165) is 23.2 Å². The molecule has 2 heteroatoms. The van der Waals surface area contributed by atoms with Gasteiger partial charge in [-0.15, -0.1) is 0 Å². The molecule has 100 valence electrons. The normalized spacial score (nSPS) is 8.16. The third-order valence-corrected chi connectivity index (χ3v) is 2.24. The average molecular weight is 254 g/mol. The van der Waals surface area contributed by atoms with Gasteiger partial charge in [0.2, 0.25) is 0 Å². The summed E-state index contributed by atoms with van der Waals surface area (Å²) >= 11 is 0. The quantitative estimate of drug-likeness (QED) is 0.749. The number of nitriles is 1. The molecule has 0 radical (unpaired) electrons. The van der Waals surface area contributed by atoms with Crippen LogP contribution in [0, 0.1) is 18.3 Å². The highest BCUT2D eigenvalue weighted by molar-refractivity contribution is 5.31. The molecule has 0 fully saturated rings. The molecule has 2 aromatic rings. The predicted molar refractivity (Wildman–Crippen MR) is 80.9 cm³/mol. The predicted octanol–water partition coefficient (Wildman–Crippen LogP) is 4.54. The van der Waals surface area contributed by atoms with E-state index in [1.54, 1.807) is 6.07 Å². The standard InChI is InChI=1S/C8H7N.C7H9N.C2H6/c1-7-3-2-4-8(5-7)6-9;1-2-7-5-3-4-6-8-7;1-2/h2-5H,1H3;3-6H,2H2,1H3;1-2H3. The Hall–Kier alpha value is -2.14. The number of hydrogen-bond acceptors (Lipinski definition) is 2. The highest BCUT2D eigenvalue weighted by Gasteiger charge is 1.86. The van der Waals surface area contributed by atoms with Crippen LogP contribution in [0.3, 0.4) is 0 Å². The summed E-state index contributed by atoms with van der Waals surface area (Å²) in [5, 5.41) is 8.41. The van der Waals surface area contributed by atoms with Crippen LogP contribution in [0.5, 0.6) is 0 Å². The summed E-state index contributed by atoms with van der Waals surface area (Å²) in [4.78, 5) is 4.10. The lowest BCUT2D eigenvalue weighted by atomic mass is 10.2. The second-order valence-corrected chi connectivity index (χ2v) is 3.66. The molecule has 0 aliphatic heterocycles. The Morgan fingerprint density at radius 2 is 1.84 bits per heavy atom. The Bertz CT molecular complexity index is 484. The smallest absolute Gasteiger partial charge is 0.0991 e. The number of pyridine rings is 1. The summed E-state index contributed by atoms with van der Waals surface area (Å²) in [5.74, 6) is 0. The van der Waals surface area contributed by atoms with Crippen molar-refractivity contribution < 1.29 is 0 Å². The molecule has 1 heterocycles. The third kappa shape index (κ3) is 7.72. The van der Waals surface area contributed by atoms with Gasteiger partial charge in [-0.1, -0.05) is 39.0 Å². The summed E-state index contributed by atoms with van der Waals surface area (Å²) in [5.41, 5.74) is 3.02. The number of aromatic nitrogens is 1. The van der Waals surface area contributed by atoms with E-state index >= 15 is 0 Å². The fraction of sp³-hybridized carbons (Fsp3) is 0.294. The van der Waals surface area contributed by atoms with E-state index < -0.39 is 0 Å². The van der Waals surface area contributed by atoms with Gasteiger partial charge in [0.15, 0.2) is 0 Å². The zero-order chi connectivity index (χ0) is 14.5. The van der Waals surface area contributed by atoms with E-state index in [-0.39, 0.29) is 0 Å². The molecule has 1 aromatic carbocycles. The van der Waals surface area contributed by atoms with Crippen molar-refractivity contribution in [3.05, 3.63) is 65.5 Å². The monoisotopic (exact) mass is 254 g/mol. The third-order valence-electron chi connectivity index (χ3n) is 2.24. The summed E-state index contributed by atoms with van der Waals surface area (Å²) in [6.07, 6.45) is 2.85. The zero-order valence-corrected chi connectivity index (χ0v) is 12.2. The van der Waals surface area contributed by atoms with Crippen molar-refractivity contribution in [2.75, 3.05) is 0 Å². The molecule has 0 saturated carbocycles. The van der Waals surface area contributed by atoms with Crippen LogP contribution in [-0.4, -0.2) is 4.98 Å². The molecule has 0 atom stereocenters. The van der Waals surface area contributed by atoms with E-state index in [1.165, 1.54) is 0 Å². The average Bonchev–Trinajstić information content (AvgIpc) is 2.50. The molecule has 0 unspecified atom stereocenters. The maximum Gasteiger partial charge on any atom is 0.0991 e. The maximum absolute atomic E-state index is 8.41. The molecule has 0 bridgehead atoms. The molecule has 2 nitrogen and oxygen atoms in total. The minimum Gasteiger partial charge on any atom is -0.261 e. The molecule has 0 aliphatic rings. The molecule has 1 aromatic heterocycles. The van der Waals surface area contributed by atoms with Crippen molar-refractivity contribution in [2.24, 2.45) is 0 Å². The van der Waals surface area contributed by atoms with Crippen molar-refractivity contribution >= 4 is 0 Å². The first-order valence-corrected chi connectivity index (χ1v) is 6.63. The highest BCUT2D eigenvalue weighted by Crippen LogP contribution is 2.00. The molecule has 0 N–H and O–H groups in total. The Kier molecular flexibility index (Phi) is 9.74. The Morgan fingerprint density at radius 1 is 1.11 bits per heavy atom. The van der Waals surface area contributed by atoms with E-state index in [4.69, 9.17) is 5.26 Å². The largest absolute Gasteiger partial charge is 0.261 e. The first kappa shape index (κ1) is 16.9. The van der Waals surface area contributed by atoms with Crippen LogP contribution in [-0.2, 0) is 6.42 Å². The Balaban J connectivity index is 0.000000303. The van der Waals surface area contributed by atoms with Gasteiger partial charge in [0.05, 0.1) is 11.6 Å². The van der Waals surface area contributed by atoms with E-state index in [9.17, 15) is 0 Å². The van der Waals surface area contributed by atoms with E-state index in [0.29, 0.717) is 0 Å². The van der Waals surface area contributed by atoms with Gasteiger partial charge in [-0.05, 0) is 43.2 Å². The minimum atomic E-state index is 0.731. The fourth-order valence-corrected chi connectivity index (χ4v) is 1.32. The first-order chi connectivity index (χ1) is 9.26. The molecular formula is C17H22N2. The summed E-state index contributed by atoms with van der Waals surface area (Å²) in [6.45, 7) is 8.07. The van der Waals surface area contributed by atoms with Crippen molar-refractivity contribution in [2.45, 2.75) is 34.1 Å². The van der Waals surface area contributed by atoms with Gasteiger partial charge in [0.1, 0.15) is 0 Å². The lowest BCUT2D eigenvalue weighted by molar-refractivity contribution is 1.04. The van der Waals surface area contributed by atoms with Crippen LogP contribution in [0.2, 0.25) is 0 Å². The number of benzene rings is 1. The molecule has 0 amide bonds. The van der Waals surface area contributed by atoms with Gasteiger partial charge < -0.3 is 0 Å². The van der Waals surface area contributed by atoms with Crippen molar-refractivity contribution in [3.63, 3.8) is 0 Å². The molecule has 19 heavy (non-hydrogen) atoms. The van der Waals surface area contributed by atoms with Gasteiger partial charge in [-0.2, -0.15) is 5.26 Å². The van der Waals surface area contributed by atoms with Gasteiger partial charge in [-0.3, -0.25) is 4.98 Å². The second-order valence-electron chi connectivity index (χ2n) is 3.66. The summed E-state index contributed by atoms with van der Waals surface area (Å²) < 4.78 is 0. The Labute approximate surface area is 116 Å². The van der Waals surface area contributed by atoms with Crippen LogP contribution < -0.4 is 0 Å². The molecule has 0 spiro atoms. The molecular weight excluding hydrogens is 232 g/mol. The molecule has 2 rings (SSSR count). The van der Waals surface area contributed by atoms with E-state index in [2.05, 4.69) is 18.0 Å². The first-order valence-electron chi connectivity index (χ1n) is 6.63. The zero-order valence-electron chi connectivity index (χ0n) is 12.2. The van der Waals surface area contributed by atoms with Gasteiger partial charge in [0.25, 0.3) is 0 Å². The van der Waals surface area contributed by atoms with Crippen LogP contribution in [0.1, 0.15) is 37.6 Å². The van der Waals surface area contributed by atoms with Crippen molar-refractivity contribution in [1.29, 1.82) is 5.26 Å². The molecule has 0 saturated heterocycles. The van der Waals surface area contributed by atoms with Gasteiger partial charge in [-0.25, -0.2) is 0 Å². The van der Waals surface area contributed by atoms with Gasteiger partial charge in [0, 0.05) is 11.9 Å². The lowest BCUT2D eigenvalue weighted by Gasteiger charge is -1.88. The minimum absolute atomic E-state index is 0.731. The second kappa shape index (κ2) is 11.0. The number of rotatable bonds is 1. The number of nitrogens with zero attached hydrogens (tertiary/aromatic N) is 2. The maximum atomic E-state index is 8.41. The lowest BCUT2D eigenvalue weighted by Crippen LogP contribution is -1.81. The SMILES string of the molecule is CC.CCc1ccccn1.Cc1cccc(C#N)c1. The fourth-order valence-electron chi connectivity index (χ4n) is 1.32. The topological polar surface area (TPSA) is 36.7 Å². The van der Waals surface area contributed by atoms with Crippen LogP contribution in [0.4, 0.5) is 0 Å². The molecule has 0 aliphatic carbocycles. The highest BCUT2D eigenvalue weighted by atomic mass is 14.6.